The molecule has 0 spiro atoms. The number of alkyl halides is 3. The van der Waals surface area contributed by atoms with E-state index in [1.165, 1.54) is 6.20 Å². The molecule has 4 aromatic rings. The van der Waals surface area contributed by atoms with E-state index in [9.17, 15) is 27.6 Å². The van der Waals surface area contributed by atoms with Gasteiger partial charge in [-0.15, -0.1) is 0 Å². The van der Waals surface area contributed by atoms with Crippen LogP contribution >= 0.6 is 0 Å². The Balaban J connectivity index is 1.23. The second-order valence-corrected chi connectivity index (χ2v) is 12.0. The number of carbonyl (C=O) groups excluding carboxylic acids is 3. The first kappa shape index (κ1) is 32.3. The molecule has 3 heterocycles. The number of fused-ring (bicyclic) bond motifs is 1. The summed E-state index contributed by atoms with van der Waals surface area (Å²) >= 11 is 0. The number of nitrogens with zero attached hydrogens (tertiary/aromatic N) is 4. The van der Waals surface area contributed by atoms with E-state index < -0.39 is 23.2 Å². The number of nitrogens with one attached hydrogen (secondary N) is 1. The number of carbonyl (C=O) groups is 3. The lowest BCUT2D eigenvalue weighted by Crippen LogP contribution is -2.51. The van der Waals surface area contributed by atoms with Crippen LogP contribution in [0.5, 0.6) is 11.6 Å². The summed E-state index contributed by atoms with van der Waals surface area (Å²) in [5.74, 6) is 0.0318. The van der Waals surface area contributed by atoms with E-state index in [-0.39, 0.29) is 23.4 Å². The molecule has 0 saturated carbocycles. The predicted octanol–water partition coefficient (Wildman–Crippen LogP) is 6.64. The molecule has 1 aliphatic heterocycles. The molecule has 0 aliphatic carbocycles. The van der Waals surface area contributed by atoms with Gasteiger partial charge >= 0.3 is 12.3 Å². The van der Waals surface area contributed by atoms with Crippen molar-refractivity contribution in [2.24, 2.45) is 7.05 Å². The molecule has 5 rings (SSSR count). The Morgan fingerprint density at radius 3 is 2.15 bits per heavy atom. The van der Waals surface area contributed by atoms with Crippen molar-refractivity contribution in [3.8, 4) is 11.6 Å². The Morgan fingerprint density at radius 1 is 0.891 bits per heavy atom. The van der Waals surface area contributed by atoms with Gasteiger partial charge < -0.3 is 29.2 Å². The van der Waals surface area contributed by atoms with E-state index in [1.54, 1.807) is 41.0 Å². The van der Waals surface area contributed by atoms with Gasteiger partial charge in [-0.3, -0.25) is 9.59 Å². The van der Waals surface area contributed by atoms with Gasteiger partial charge in [0.15, 0.2) is 0 Å². The van der Waals surface area contributed by atoms with Gasteiger partial charge in [0.05, 0.1) is 17.4 Å². The summed E-state index contributed by atoms with van der Waals surface area (Å²) < 4.78 is 51.7. The maximum atomic E-state index is 13.4. The van der Waals surface area contributed by atoms with Crippen molar-refractivity contribution in [1.82, 2.24) is 19.4 Å². The highest BCUT2D eigenvalue weighted by atomic mass is 19.4. The fourth-order valence-corrected chi connectivity index (χ4v) is 5.02. The molecule has 1 saturated heterocycles. The van der Waals surface area contributed by atoms with Gasteiger partial charge in [0.2, 0.25) is 5.88 Å². The Hall–Kier alpha value is -5.07. The van der Waals surface area contributed by atoms with Gasteiger partial charge in [0, 0.05) is 55.8 Å². The summed E-state index contributed by atoms with van der Waals surface area (Å²) in [5.41, 5.74) is 0.983. The average Bonchev–Trinajstić information content (AvgIpc) is 3.32. The molecule has 1 aliphatic rings. The van der Waals surface area contributed by atoms with Crippen molar-refractivity contribution in [2.75, 3.05) is 31.5 Å². The number of piperazine rings is 1. The number of benzene rings is 2. The number of hydrogen-bond donors (Lipinski definition) is 1. The summed E-state index contributed by atoms with van der Waals surface area (Å²) in [4.78, 5) is 46.0. The number of rotatable bonds is 5. The predicted molar refractivity (Wildman–Crippen MR) is 165 cm³/mol. The van der Waals surface area contributed by atoms with Crippen LogP contribution in [0, 0.1) is 6.92 Å². The third-order valence-corrected chi connectivity index (χ3v) is 7.48. The molecule has 10 nitrogen and oxygen atoms in total. The summed E-state index contributed by atoms with van der Waals surface area (Å²) in [6.07, 6.45) is -3.47. The molecule has 0 bridgehead atoms. The van der Waals surface area contributed by atoms with Crippen molar-refractivity contribution < 1.29 is 37.0 Å². The van der Waals surface area contributed by atoms with Crippen molar-refractivity contribution in [1.29, 1.82) is 0 Å². The lowest BCUT2D eigenvalue weighted by Gasteiger charge is -2.35. The molecule has 46 heavy (non-hydrogen) atoms. The van der Waals surface area contributed by atoms with E-state index in [1.807, 2.05) is 38.5 Å². The number of amides is 3. The number of aryl methyl sites for hydroxylation is 2. The van der Waals surface area contributed by atoms with Gasteiger partial charge in [-0.25, -0.2) is 9.78 Å². The summed E-state index contributed by atoms with van der Waals surface area (Å²) in [6, 6.07) is 12.8. The van der Waals surface area contributed by atoms with Crippen LogP contribution < -0.4 is 10.1 Å². The van der Waals surface area contributed by atoms with Gasteiger partial charge in [-0.2, -0.15) is 13.2 Å². The van der Waals surface area contributed by atoms with E-state index in [4.69, 9.17) is 9.47 Å². The zero-order valence-electron chi connectivity index (χ0n) is 26.1. The lowest BCUT2D eigenvalue weighted by atomic mass is 10.1. The molecule has 242 valence electrons. The van der Waals surface area contributed by atoms with Crippen LogP contribution in [0.3, 0.4) is 0 Å². The third-order valence-electron chi connectivity index (χ3n) is 7.48. The van der Waals surface area contributed by atoms with E-state index in [0.717, 1.165) is 35.2 Å². The van der Waals surface area contributed by atoms with Crippen molar-refractivity contribution in [2.45, 2.75) is 39.5 Å². The number of hydrogen-bond acceptors (Lipinski definition) is 6. The minimum atomic E-state index is -4.49. The standard InChI is InChI=1S/C33H34F3N5O5/c1-20-16-28(37-19-25(20)38-29(42)21-6-8-23(9-7-21)33(34,35)36)45-24-10-11-26-22(17-24)18-27(39(26)5)30(43)40-12-14-41(15-13-40)31(44)46-32(2,3)4/h6-11,16-19H,12-15H2,1-5H3,(H,38,42). The number of ether oxygens (including phenoxy) is 2. The zero-order valence-corrected chi connectivity index (χ0v) is 26.1. The second kappa shape index (κ2) is 12.4. The van der Waals surface area contributed by atoms with E-state index in [2.05, 4.69) is 10.3 Å². The number of anilines is 1. The zero-order chi connectivity index (χ0) is 33.4. The maximum Gasteiger partial charge on any atom is 0.416 e. The third kappa shape index (κ3) is 7.24. The highest BCUT2D eigenvalue weighted by Crippen LogP contribution is 2.31. The van der Waals surface area contributed by atoms with Crippen molar-refractivity contribution >= 4 is 34.5 Å². The first-order chi connectivity index (χ1) is 21.6. The molecule has 13 heteroatoms. The quantitative estimate of drug-likeness (QED) is 0.263. The van der Waals surface area contributed by atoms with Crippen LogP contribution in [0.15, 0.2) is 60.8 Å². The van der Waals surface area contributed by atoms with Crippen LogP contribution in [-0.4, -0.2) is 69.0 Å². The molecule has 0 radical (unpaired) electrons. The summed E-state index contributed by atoms with van der Waals surface area (Å²) in [7, 11) is 1.82. The van der Waals surface area contributed by atoms with Crippen LogP contribution in [-0.2, 0) is 18.0 Å². The summed E-state index contributed by atoms with van der Waals surface area (Å²) in [5, 5.41) is 3.45. The number of halogens is 3. The molecule has 2 aromatic carbocycles. The monoisotopic (exact) mass is 637 g/mol. The van der Waals surface area contributed by atoms with E-state index >= 15 is 0 Å². The number of pyridine rings is 1. The minimum Gasteiger partial charge on any atom is -0.444 e. The van der Waals surface area contributed by atoms with Crippen LogP contribution in [0.4, 0.5) is 23.7 Å². The molecule has 3 amide bonds. The molecule has 1 fully saturated rings. The first-order valence-corrected chi connectivity index (χ1v) is 14.6. The lowest BCUT2D eigenvalue weighted by molar-refractivity contribution is -0.137. The molecule has 1 N–H and O–H groups in total. The van der Waals surface area contributed by atoms with Gasteiger partial charge in [0.1, 0.15) is 17.0 Å². The second-order valence-electron chi connectivity index (χ2n) is 12.0. The van der Waals surface area contributed by atoms with Crippen LogP contribution in [0.25, 0.3) is 10.9 Å². The van der Waals surface area contributed by atoms with Crippen LogP contribution in [0.1, 0.15) is 52.7 Å². The fourth-order valence-electron chi connectivity index (χ4n) is 5.02. The Morgan fingerprint density at radius 2 is 1.54 bits per heavy atom. The average molecular weight is 638 g/mol. The largest absolute Gasteiger partial charge is 0.444 e. The Labute approximate surface area is 263 Å². The van der Waals surface area contributed by atoms with Crippen LogP contribution in [0.2, 0.25) is 0 Å². The van der Waals surface area contributed by atoms with Gasteiger partial charge in [0.25, 0.3) is 11.8 Å². The minimum absolute atomic E-state index is 0.0739. The van der Waals surface area contributed by atoms with Crippen molar-refractivity contribution in [3.05, 3.63) is 83.2 Å². The Bertz CT molecular complexity index is 1790. The normalized spacial score (nSPS) is 13.9. The maximum absolute atomic E-state index is 13.4. The SMILES string of the molecule is Cc1cc(Oc2ccc3c(c2)cc(C(=O)N2CCN(C(=O)OC(C)(C)C)CC2)n3C)ncc1NC(=O)c1ccc(C(F)(F)F)cc1. The fraction of sp³-hybridized carbons (Fsp3) is 0.333. The highest BCUT2D eigenvalue weighted by Gasteiger charge is 2.31. The van der Waals surface area contributed by atoms with E-state index in [0.29, 0.717) is 48.9 Å². The molecular formula is C33H34F3N5O5. The summed E-state index contributed by atoms with van der Waals surface area (Å²) in [6.45, 7) is 8.72. The molecular weight excluding hydrogens is 603 g/mol. The smallest absolute Gasteiger partial charge is 0.416 e. The Kier molecular flexibility index (Phi) is 8.70. The molecule has 0 unspecified atom stereocenters. The first-order valence-electron chi connectivity index (χ1n) is 14.6. The van der Waals surface area contributed by atoms with Gasteiger partial charge in [-0.1, -0.05) is 0 Å². The topological polar surface area (TPSA) is 106 Å². The molecule has 2 aromatic heterocycles. The van der Waals surface area contributed by atoms with Gasteiger partial charge in [-0.05, 0) is 81.8 Å². The highest BCUT2D eigenvalue weighted by molar-refractivity contribution is 6.04. The van der Waals surface area contributed by atoms with Crippen molar-refractivity contribution in [3.63, 3.8) is 0 Å². The number of aromatic nitrogens is 2. The molecule has 0 atom stereocenters.